The van der Waals surface area contributed by atoms with Gasteiger partial charge in [0.05, 0.1) is 4.90 Å². The number of rotatable bonds is 7. The molecule has 164 valence electrons. The van der Waals surface area contributed by atoms with Crippen molar-refractivity contribution >= 4 is 27.4 Å². The summed E-state index contributed by atoms with van der Waals surface area (Å²) in [7, 11) is -4.14. The van der Waals surface area contributed by atoms with E-state index < -0.39 is 20.6 Å². The van der Waals surface area contributed by atoms with Gasteiger partial charge in [0.1, 0.15) is 12.4 Å². The van der Waals surface area contributed by atoms with Gasteiger partial charge >= 0.3 is 5.97 Å². The third-order valence-corrected chi connectivity index (χ3v) is 8.06. The fourth-order valence-electron chi connectivity index (χ4n) is 3.73. The fraction of sp³-hybridized carbons (Fsp3) is 0.348. The Kier molecular flexibility index (Phi) is 7.26. The SMILES string of the molecule is CC#CCOc1ccc(S(=O)(=O)C2(C(=O)O)CCCN(Cc3ccc(Cl)cc3)C2)cc1. The zero-order chi connectivity index (χ0) is 22.5. The first-order chi connectivity index (χ1) is 14.8. The molecule has 3 rings (SSSR count). The molecule has 6 nitrogen and oxygen atoms in total. The van der Waals surface area contributed by atoms with Crippen LogP contribution in [0.15, 0.2) is 53.4 Å². The van der Waals surface area contributed by atoms with Crippen LogP contribution in [0.2, 0.25) is 5.02 Å². The van der Waals surface area contributed by atoms with Crippen LogP contribution in [0.1, 0.15) is 25.3 Å². The van der Waals surface area contributed by atoms with Crippen molar-refractivity contribution in [3.63, 3.8) is 0 Å². The van der Waals surface area contributed by atoms with Gasteiger partial charge in [-0.3, -0.25) is 9.69 Å². The average molecular weight is 462 g/mol. The number of piperidine rings is 1. The van der Waals surface area contributed by atoms with Crippen molar-refractivity contribution in [2.24, 2.45) is 0 Å². The molecule has 0 aliphatic carbocycles. The molecule has 8 heteroatoms. The third kappa shape index (κ3) is 5.04. The highest BCUT2D eigenvalue weighted by Gasteiger charge is 2.54. The molecule has 31 heavy (non-hydrogen) atoms. The number of nitrogens with zero attached hydrogens (tertiary/aromatic N) is 1. The summed E-state index contributed by atoms with van der Waals surface area (Å²) >= 11 is 5.93. The number of sulfone groups is 1. The van der Waals surface area contributed by atoms with Gasteiger partial charge in [-0.2, -0.15) is 0 Å². The highest BCUT2D eigenvalue weighted by molar-refractivity contribution is 7.93. The van der Waals surface area contributed by atoms with Gasteiger partial charge in [0.15, 0.2) is 14.6 Å². The Morgan fingerprint density at radius 1 is 1.19 bits per heavy atom. The van der Waals surface area contributed by atoms with E-state index in [1.165, 1.54) is 24.3 Å². The highest BCUT2D eigenvalue weighted by atomic mass is 35.5. The molecule has 1 N–H and O–H groups in total. The molecule has 2 aromatic carbocycles. The number of hydrogen-bond acceptors (Lipinski definition) is 5. The number of carboxylic acid groups (broad SMARTS) is 1. The van der Waals surface area contributed by atoms with Crippen molar-refractivity contribution in [3.05, 3.63) is 59.1 Å². The lowest BCUT2D eigenvalue weighted by atomic mass is 9.96. The molecule has 1 fully saturated rings. The number of likely N-dealkylation sites (tertiary alicyclic amines) is 1. The first kappa shape index (κ1) is 23.1. The van der Waals surface area contributed by atoms with E-state index in [0.717, 1.165) is 5.56 Å². The Morgan fingerprint density at radius 3 is 2.48 bits per heavy atom. The number of ether oxygens (including phenoxy) is 1. The van der Waals surface area contributed by atoms with E-state index in [-0.39, 0.29) is 24.5 Å². The maximum absolute atomic E-state index is 13.5. The second kappa shape index (κ2) is 9.73. The number of carboxylic acids is 1. The molecule has 1 unspecified atom stereocenters. The summed E-state index contributed by atoms with van der Waals surface area (Å²) in [6.45, 7) is 2.88. The molecule has 1 aliphatic rings. The van der Waals surface area contributed by atoms with Gasteiger partial charge in [0.25, 0.3) is 0 Å². The summed E-state index contributed by atoms with van der Waals surface area (Å²) in [6.07, 6.45) is 0.530. The van der Waals surface area contributed by atoms with Crippen molar-refractivity contribution in [1.29, 1.82) is 0 Å². The maximum Gasteiger partial charge on any atom is 0.326 e. The molecule has 0 spiro atoms. The fourth-order valence-corrected chi connectivity index (χ4v) is 5.80. The lowest BCUT2D eigenvalue weighted by Crippen LogP contribution is -2.57. The van der Waals surface area contributed by atoms with E-state index in [4.69, 9.17) is 16.3 Å². The smallest absolute Gasteiger partial charge is 0.326 e. The Labute approximate surface area is 187 Å². The molecule has 1 atom stereocenters. The second-order valence-electron chi connectivity index (χ2n) is 7.43. The van der Waals surface area contributed by atoms with Crippen LogP contribution in [0.4, 0.5) is 0 Å². The third-order valence-electron chi connectivity index (χ3n) is 5.38. The van der Waals surface area contributed by atoms with Gasteiger partial charge in [-0.1, -0.05) is 29.7 Å². The van der Waals surface area contributed by atoms with E-state index in [2.05, 4.69) is 11.8 Å². The Hall–Kier alpha value is -2.53. The van der Waals surface area contributed by atoms with Crippen molar-refractivity contribution in [3.8, 4) is 17.6 Å². The van der Waals surface area contributed by atoms with Gasteiger partial charge in [-0.15, -0.1) is 5.92 Å². The van der Waals surface area contributed by atoms with Gasteiger partial charge in [0, 0.05) is 18.1 Å². The van der Waals surface area contributed by atoms with Crippen molar-refractivity contribution in [2.75, 3.05) is 19.7 Å². The predicted octanol–water partition coefficient (Wildman–Crippen LogP) is 3.64. The van der Waals surface area contributed by atoms with E-state index >= 15 is 0 Å². The Bertz CT molecular complexity index is 1090. The van der Waals surface area contributed by atoms with Crippen LogP contribution in [0, 0.1) is 11.8 Å². The van der Waals surface area contributed by atoms with Crippen LogP contribution in [0.5, 0.6) is 5.75 Å². The number of halogens is 1. The molecule has 2 aromatic rings. The number of aliphatic carboxylic acids is 1. The Balaban J connectivity index is 1.85. The largest absolute Gasteiger partial charge is 0.481 e. The summed E-state index contributed by atoms with van der Waals surface area (Å²) in [5.74, 6) is 4.62. The Morgan fingerprint density at radius 2 is 1.87 bits per heavy atom. The van der Waals surface area contributed by atoms with Crippen molar-refractivity contribution in [2.45, 2.75) is 36.0 Å². The minimum absolute atomic E-state index is 0.0304. The van der Waals surface area contributed by atoms with Crippen LogP contribution >= 0.6 is 11.6 Å². The number of benzene rings is 2. The minimum atomic E-state index is -4.14. The number of hydrogen-bond donors (Lipinski definition) is 1. The summed E-state index contributed by atoms with van der Waals surface area (Å²) in [5.41, 5.74) is 0.944. The van der Waals surface area contributed by atoms with Gasteiger partial charge in [-0.25, -0.2) is 8.42 Å². The zero-order valence-electron chi connectivity index (χ0n) is 17.2. The van der Waals surface area contributed by atoms with Gasteiger partial charge in [0.2, 0.25) is 0 Å². The van der Waals surface area contributed by atoms with E-state index in [0.29, 0.717) is 30.3 Å². The highest BCUT2D eigenvalue weighted by Crippen LogP contribution is 2.36. The molecule has 1 heterocycles. The van der Waals surface area contributed by atoms with Gasteiger partial charge < -0.3 is 9.84 Å². The lowest BCUT2D eigenvalue weighted by molar-refractivity contribution is -0.141. The minimum Gasteiger partial charge on any atom is -0.481 e. The maximum atomic E-state index is 13.5. The molecule has 0 bridgehead atoms. The molecule has 0 amide bonds. The van der Waals surface area contributed by atoms with Crippen LogP contribution in [0.3, 0.4) is 0 Å². The van der Waals surface area contributed by atoms with Crippen LogP contribution in [0.25, 0.3) is 0 Å². The van der Waals surface area contributed by atoms with Crippen molar-refractivity contribution < 1.29 is 23.1 Å². The van der Waals surface area contributed by atoms with E-state index in [9.17, 15) is 18.3 Å². The zero-order valence-corrected chi connectivity index (χ0v) is 18.7. The quantitative estimate of drug-likeness (QED) is 0.634. The van der Waals surface area contributed by atoms with Crippen LogP contribution in [-0.4, -0.2) is 48.8 Å². The first-order valence-electron chi connectivity index (χ1n) is 9.86. The topological polar surface area (TPSA) is 83.9 Å². The van der Waals surface area contributed by atoms with Crippen LogP contribution < -0.4 is 4.74 Å². The van der Waals surface area contributed by atoms with E-state index in [1.54, 1.807) is 19.1 Å². The summed E-state index contributed by atoms with van der Waals surface area (Å²) in [4.78, 5) is 14.2. The predicted molar refractivity (Wildman–Crippen MR) is 119 cm³/mol. The summed E-state index contributed by atoms with van der Waals surface area (Å²) in [6, 6.07) is 13.1. The monoisotopic (exact) mass is 461 g/mol. The molecule has 0 aromatic heterocycles. The molecule has 1 aliphatic heterocycles. The number of carbonyl (C=O) groups is 1. The molecular weight excluding hydrogens is 438 g/mol. The van der Waals surface area contributed by atoms with E-state index in [1.807, 2.05) is 17.0 Å². The standard InChI is InChI=1S/C23H24ClNO5S/c1-2-3-15-30-20-9-11-21(12-10-20)31(28,29)23(22(26)27)13-4-14-25(17-23)16-18-5-7-19(24)8-6-18/h5-12H,4,13-17H2,1H3,(H,26,27). The van der Waals surface area contributed by atoms with Gasteiger partial charge in [-0.05, 0) is 68.3 Å². The first-order valence-corrected chi connectivity index (χ1v) is 11.7. The second-order valence-corrected chi connectivity index (χ2v) is 10.1. The van der Waals surface area contributed by atoms with Crippen molar-refractivity contribution in [1.82, 2.24) is 4.90 Å². The lowest BCUT2D eigenvalue weighted by Gasteiger charge is -2.39. The van der Waals surface area contributed by atoms with Crippen LogP contribution in [-0.2, 0) is 21.2 Å². The summed E-state index contributed by atoms with van der Waals surface area (Å²) in [5, 5.41) is 10.7. The molecular formula is C23H24ClNO5S. The summed E-state index contributed by atoms with van der Waals surface area (Å²) < 4.78 is 30.5. The molecule has 1 saturated heterocycles. The average Bonchev–Trinajstić information content (AvgIpc) is 2.76. The normalized spacial score (nSPS) is 19.3. The molecule has 0 saturated carbocycles. The molecule has 0 radical (unpaired) electrons.